The number of nitrogen functional groups attached to an aromatic ring is 1. The molecule has 0 saturated heterocycles. The monoisotopic (exact) mass is 491 g/mol. The molecule has 0 aliphatic rings. The van der Waals surface area contributed by atoms with Crippen molar-refractivity contribution in [3.05, 3.63) is 60.9 Å². The first-order valence-electron chi connectivity index (χ1n) is 12.2. The average molecular weight is 492 g/mol. The molecule has 36 heavy (non-hydrogen) atoms. The van der Waals surface area contributed by atoms with E-state index in [1.54, 1.807) is 32.7 Å². The highest BCUT2D eigenvalue weighted by atomic mass is 16.5. The van der Waals surface area contributed by atoms with E-state index in [1.807, 2.05) is 70.2 Å². The lowest BCUT2D eigenvalue weighted by molar-refractivity contribution is 0.291. The number of nitrogens with zero attached hydrogens (tertiary/aromatic N) is 4. The number of anilines is 3. The SMILES string of the molecule is CC.CC.COc1cc(OC)cc(N(CCCO)c2ccc3ncc(-c4ccnc(N)c4)nc3c2)c1. The van der Waals surface area contributed by atoms with Gasteiger partial charge in [0, 0.05) is 54.5 Å². The quantitative estimate of drug-likeness (QED) is 0.315. The number of rotatable bonds is 8. The Morgan fingerprint density at radius 3 is 2.14 bits per heavy atom. The van der Waals surface area contributed by atoms with Crippen LogP contribution in [-0.4, -0.2) is 47.4 Å². The Kier molecular flexibility index (Phi) is 11.4. The van der Waals surface area contributed by atoms with Gasteiger partial charge in [-0.25, -0.2) is 9.97 Å². The fraction of sp³-hybridized carbons (Fsp3) is 0.321. The van der Waals surface area contributed by atoms with Gasteiger partial charge in [0.1, 0.15) is 17.3 Å². The van der Waals surface area contributed by atoms with Gasteiger partial charge in [0.15, 0.2) is 0 Å². The maximum absolute atomic E-state index is 9.45. The summed E-state index contributed by atoms with van der Waals surface area (Å²) in [6.07, 6.45) is 3.98. The number of methoxy groups -OCH3 is 2. The maximum atomic E-state index is 9.45. The van der Waals surface area contributed by atoms with Crippen LogP contribution in [0.1, 0.15) is 34.1 Å². The van der Waals surface area contributed by atoms with Crippen LogP contribution in [0.3, 0.4) is 0 Å². The Bertz CT molecular complexity index is 1210. The molecule has 0 saturated carbocycles. The molecule has 0 unspecified atom stereocenters. The molecule has 2 aromatic heterocycles. The topological polar surface area (TPSA) is 107 Å². The molecule has 0 spiro atoms. The molecule has 0 fully saturated rings. The van der Waals surface area contributed by atoms with Gasteiger partial charge in [-0.3, -0.25) is 4.98 Å². The van der Waals surface area contributed by atoms with E-state index < -0.39 is 0 Å². The van der Waals surface area contributed by atoms with Crippen molar-refractivity contribution in [1.29, 1.82) is 0 Å². The van der Waals surface area contributed by atoms with E-state index in [2.05, 4.69) is 14.9 Å². The van der Waals surface area contributed by atoms with E-state index in [0.717, 1.165) is 28.0 Å². The summed E-state index contributed by atoms with van der Waals surface area (Å²) in [6.45, 7) is 8.69. The molecule has 0 aliphatic heterocycles. The Hall–Kier alpha value is -3.91. The van der Waals surface area contributed by atoms with E-state index in [1.165, 1.54) is 0 Å². The average Bonchev–Trinajstić information content (AvgIpc) is 2.94. The van der Waals surface area contributed by atoms with Crippen LogP contribution in [-0.2, 0) is 0 Å². The number of fused-ring (bicyclic) bond motifs is 1. The van der Waals surface area contributed by atoms with Crippen LogP contribution < -0.4 is 20.1 Å². The zero-order chi connectivity index (χ0) is 26.5. The smallest absolute Gasteiger partial charge is 0.124 e. The number of aliphatic hydroxyl groups is 1. The van der Waals surface area contributed by atoms with E-state index in [9.17, 15) is 5.11 Å². The van der Waals surface area contributed by atoms with Crippen LogP contribution in [0.4, 0.5) is 17.2 Å². The van der Waals surface area contributed by atoms with Crippen LogP contribution in [0.25, 0.3) is 22.3 Å². The molecule has 3 N–H and O–H groups in total. The summed E-state index contributed by atoms with van der Waals surface area (Å²) in [4.78, 5) is 15.5. The van der Waals surface area contributed by atoms with Gasteiger partial charge in [-0.2, -0.15) is 0 Å². The molecule has 0 amide bonds. The summed E-state index contributed by atoms with van der Waals surface area (Å²) >= 11 is 0. The second-order valence-corrected chi connectivity index (χ2v) is 7.20. The first-order valence-corrected chi connectivity index (χ1v) is 12.2. The zero-order valence-electron chi connectivity index (χ0n) is 22.0. The van der Waals surface area contributed by atoms with Crippen molar-refractivity contribution < 1.29 is 14.6 Å². The highest BCUT2D eigenvalue weighted by Crippen LogP contribution is 2.34. The summed E-state index contributed by atoms with van der Waals surface area (Å²) in [5.41, 5.74) is 10.7. The first-order chi connectivity index (χ1) is 17.6. The molecule has 8 nitrogen and oxygen atoms in total. The molecule has 2 heterocycles. The Morgan fingerprint density at radius 1 is 0.833 bits per heavy atom. The van der Waals surface area contributed by atoms with Crippen LogP contribution in [0.15, 0.2) is 60.9 Å². The number of hydrogen-bond acceptors (Lipinski definition) is 8. The van der Waals surface area contributed by atoms with E-state index in [4.69, 9.17) is 20.2 Å². The van der Waals surface area contributed by atoms with Crippen molar-refractivity contribution in [2.75, 3.05) is 38.0 Å². The van der Waals surface area contributed by atoms with Crippen LogP contribution >= 0.6 is 0 Å². The third-order valence-electron chi connectivity index (χ3n) is 5.10. The highest BCUT2D eigenvalue weighted by molar-refractivity contribution is 5.83. The Labute approximate surface area is 213 Å². The minimum Gasteiger partial charge on any atom is -0.497 e. The molecule has 4 rings (SSSR count). The van der Waals surface area contributed by atoms with E-state index in [-0.39, 0.29) is 6.61 Å². The number of pyridine rings is 1. The molecular weight excluding hydrogens is 454 g/mol. The largest absolute Gasteiger partial charge is 0.497 e. The molecule has 0 bridgehead atoms. The van der Waals surface area contributed by atoms with Gasteiger partial charge < -0.3 is 25.2 Å². The van der Waals surface area contributed by atoms with Gasteiger partial charge in [-0.15, -0.1) is 0 Å². The molecule has 0 aliphatic carbocycles. The summed E-state index contributed by atoms with van der Waals surface area (Å²) in [5, 5.41) is 9.45. The number of aromatic nitrogens is 3. The van der Waals surface area contributed by atoms with Crippen molar-refractivity contribution >= 4 is 28.2 Å². The number of ether oxygens (including phenoxy) is 2. The zero-order valence-corrected chi connectivity index (χ0v) is 22.0. The molecule has 4 aromatic rings. The number of hydrogen-bond donors (Lipinski definition) is 2. The van der Waals surface area contributed by atoms with Gasteiger partial charge in [0.25, 0.3) is 0 Å². The van der Waals surface area contributed by atoms with Crippen molar-refractivity contribution in [2.45, 2.75) is 34.1 Å². The molecule has 0 radical (unpaired) electrons. The fourth-order valence-corrected chi connectivity index (χ4v) is 3.50. The number of nitrogens with two attached hydrogens (primary N) is 1. The predicted molar refractivity (Wildman–Crippen MR) is 148 cm³/mol. The minimum absolute atomic E-state index is 0.0819. The second kappa shape index (κ2) is 14.5. The second-order valence-electron chi connectivity index (χ2n) is 7.20. The van der Waals surface area contributed by atoms with Crippen molar-refractivity contribution in [1.82, 2.24) is 15.0 Å². The highest BCUT2D eigenvalue weighted by Gasteiger charge is 2.14. The Balaban J connectivity index is 0.00000109. The summed E-state index contributed by atoms with van der Waals surface area (Å²) < 4.78 is 10.9. The van der Waals surface area contributed by atoms with E-state index in [0.29, 0.717) is 36.0 Å². The first kappa shape index (κ1) is 28.3. The van der Waals surface area contributed by atoms with E-state index >= 15 is 0 Å². The van der Waals surface area contributed by atoms with Crippen molar-refractivity contribution in [3.8, 4) is 22.8 Å². The molecule has 8 heteroatoms. The molecule has 2 aromatic carbocycles. The standard InChI is InChI=1S/C24H25N5O3.2C2H6/c1-31-19-11-18(12-20(14-19)32-2)29(8-3-9-30)17-4-5-21-22(13-17)28-23(15-27-21)16-6-7-26-24(25)10-16;2*1-2/h4-7,10-15,30H,3,8-9H2,1-2H3,(H2,25,26);2*1-2H3. The maximum Gasteiger partial charge on any atom is 0.124 e. The van der Waals surface area contributed by atoms with Crippen LogP contribution in [0, 0.1) is 0 Å². The lowest BCUT2D eigenvalue weighted by Gasteiger charge is -2.26. The van der Waals surface area contributed by atoms with Gasteiger partial charge in [-0.1, -0.05) is 27.7 Å². The normalized spacial score (nSPS) is 9.97. The Morgan fingerprint density at radius 2 is 1.53 bits per heavy atom. The van der Waals surface area contributed by atoms with Crippen LogP contribution in [0.5, 0.6) is 11.5 Å². The predicted octanol–water partition coefficient (Wildman–Crippen LogP) is 5.86. The fourth-order valence-electron chi connectivity index (χ4n) is 3.50. The van der Waals surface area contributed by atoms with Gasteiger partial charge in [0.2, 0.25) is 0 Å². The lowest BCUT2D eigenvalue weighted by Crippen LogP contribution is -2.19. The lowest BCUT2D eigenvalue weighted by atomic mass is 10.1. The molecule has 192 valence electrons. The number of aliphatic hydroxyl groups excluding tert-OH is 1. The number of benzene rings is 2. The third-order valence-corrected chi connectivity index (χ3v) is 5.10. The van der Waals surface area contributed by atoms with Crippen molar-refractivity contribution in [3.63, 3.8) is 0 Å². The summed E-state index contributed by atoms with van der Waals surface area (Å²) in [7, 11) is 3.24. The molecular formula is C28H37N5O3. The van der Waals surface area contributed by atoms with Gasteiger partial charge in [0.05, 0.1) is 37.1 Å². The third kappa shape index (κ3) is 7.05. The van der Waals surface area contributed by atoms with Gasteiger partial charge >= 0.3 is 0 Å². The van der Waals surface area contributed by atoms with Crippen LogP contribution in [0.2, 0.25) is 0 Å². The summed E-state index contributed by atoms with van der Waals surface area (Å²) in [5.74, 6) is 1.80. The minimum atomic E-state index is 0.0819. The molecule has 0 atom stereocenters. The summed E-state index contributed by atoms with van der Waals surface area (Å²) in [6, 6.07) is 15.2. The van der Waals surface area contributed by atoms with Gasteiger partial charge in [-0.05, 0) is 36.8 Å². The van der Waals surface area contributed by atoms with Crippen molar-refractivity contribution in [2.24, 2.45) is 0 Å².